The number of benzene rings is 1. The summed E-state index contributed by atoms with van der Waals surface area (Å²) in [4.78, 5) is 22.4. The van der Waals surface area contributed by atoms with Crippen molar-refractivity contribution in [2.24, 2.45) is 7.05 Å². The van der Waals surface area contributed by atoms with Gasteiger partial charge in [-0.25, -0.2) is 4.98 Å². The van der Waals surface area contributed by atoms with Gasteiger partial charge in [-0.15, -0.1) is 0 Å². The molecule has 0 aliphatic carbocycles. The summed E-state index contributed by atoms with van der Waals surface area (Å²) >= 11 is 0. The van der Waals surface area contributed by atoms with Crippen LogP contribution in [-0.4, -0.2) is 26.0 Å². The van der Waals surface area contributed by atoms with Crippen LogP contribution < -0.4 is 5.56 Å². The van der Waals surface area contributed by atoms with Gasteiger partial charge in [0.25, 0.3) is 5.56 Å². The van der Waals surface area contributed by atoms with Crippen molar-refractivity contribution in [3.05, 3.63) is 63.5 Å². The lowest BCUT2D eigenvalue weighted by Crippen LogP contribution is -2.35. The maximum absolute atomic E-state index is 12.4. The van der Waals surface area contributed by atoms with Crippen molar-refractivity contribution < 1.29 is 0 Å². The zero-order valence-corrected chi connectivity index (χ0v) is 14.9. The predicted octanol–water partition coefficient (Wildman–Crippen LogP) is 2.77. The molecule has 0 amide bonds. The first-order valence-electron chi connectivity index (χ1n) is 9.02. The second-order valence-electron chi connectivity index (χ2n) is 6.93. The number of aromatic nitrogens is 3. The van der Waals surface area contributed by atoms with Crippen molar-refractivity contribution >= 4 is 10.9 Å². The van der Waals surface area contributed by atoms with Crippen molar-refractivity contribution in [2.75, 3.05) is 6.54 Å². The summed E-state index contributed by atoms with van der Waals surface area (Å²) in [6.45, 7) is 4.58. The minimum atomic E-state index is 0.0380. The Morgan fingerprint density at radius 1 is 1.28 bits per heavy atom. The van der Waals surface area contributed by atoms with Gasteiger partial charge in [0.2, 0.25) is 0 Å². The van der Waals surface area contributed by atoms with E-state index in [2.05, 4.69) is 63.9 Å². The normalized spacial score (nSPS) is 14.8. The average molecular weight is 336 g/mol. The minimum Gasteiger partial charge on any atom is -0.350 e. The Bertz CT molecular complexity index is 969. The fraction of sp³-hybridized carbons (Fsp3) is 0.400. The Kier molecular flexibility index (Phi) is 4.17. The SMILES string of the molecule is CCCc1nc2c(c(=O)[nH]1)CN(Cc1cn(C)c3ccccc13)CC2. The topological polar surface area (TPSA) is 53.9 Å². The maximum Gasteiger partial charge on any atom is 0.255 e. The highest BCUT2D eigenvalue weighted by molar-refractivity contribution is 5.83. The Hall–Kier alpha value is -2.40. The van der Waals surface area contributed by atoms with Crippen LogP contribution in [0.5, 0.6) is 0 Å². The van der Waals surface area contributed by atoms with E-state index in [1.807, 2.05) is 0 Å². The van der Waals surface area contributed by atoms with Crippen LogP contribution in [0.2, 0.25) is 0 Å². The lowest BCUT2D eigenvalue weighted by Gasteiger charge is -2.27. The van der Waals surface area contributed by atoms with Gasteiger partial charge in [-0.1, -0.05) is 25.1 Å². The highest BCUT2D eigenvalue weighted by Gasteiger charge is 2.22. The molecule has 130 valence electrons. The highest BCUT2D eigenvalue weighted by Crippen LogP contribution is 2.24. The Morgan fingerprint density at radius 2 is 2.12 bits per heavy atom. The number of para-hydroxylation sites is 1. The lowest BCUT2D eigenvalue weighted by molar-refractivity contribution is 0.242. The van der Waals surface area contributed by atoms with Gasteiger partial charge < -0.3 is 9.55 Å². The first kappa shape index (κ1) is 16.1. The van der Waals surface area contributed by atoms with Crippen molar-refractivity contribution in [3.63, 3.8) is 0 Å². The number of hydrogen-bond donors (Lipinski definition) is 1. The van der Waals surface area contributed by atoms with E-state index in [4.69, 9.17) is 0 Å². The molecular weight excluding hydrogens is 312 g/mol. The summed E-state index contributed by atoms with van der Waals surface area (Å²) in [5.41, 5.74) is 4.43. The molecule has 1 aliphatic rings. The number of fused-ring (bicyclic) bond motifs is 2. The van der Waals surface area contributed by atoms with E-state index in [0.717, 1.165) is 49.4 Å². The average Bonchev–Trinajstić information content (AvgIpc) is 2.92. The molecule has 0 unspecified atom stereocenters. The van der Waals surface area contributed by atoms with Crippen molar-refractivity contribution in [3.8, 4) is 0 Å². The maximum atomic E-state index is 12.4. The third-order valence-corrected chi connectivity index (χ3v) is 5.06. The summed E-state index contributed by atoms with van der Waals surface area (Å²) in [5, 5.41) is 1.29. The molecule has 5 heteroatoms. The van der Waals surface area contributed by atoms with E-state index in [0.29, 0.717) is 6.54 Å². The van der Waals surface area contributed by atoms with E-state index in [1.165, 1.54) is 16.5 Å². The molecule has 0 bridgehead atoms. The largest absolute Gasteiger partial charge is 0.350 e. The third-order valence-electron chi connectivity index (χ3n) is 5.06. The van der Waals surface area contributed by atoms with Crippen LogP contribution in [0.25, 0.3) is 10.9 Å². The molecule has 1 aliphatic heterocycles. The number of aromatic amines is 1. The second kappa shape index (κ2) is 6.48. The summed E-state index contributed by atoms with van der Waals surface area (Å²) in [7, 11) is 2.08. The number of hydrogen-bond acceptors (Lipinski definition) is 3. The first-order valence-corrected chi connectivity index (χ1v) is 9.02. The van der Waals surface area contributed by atoms with Crippen LogP contribution in [0.4, 0.5) is 0 Å². The van der Waals surface area contributed by atoms with Gasteiger partial charge in [-0.05, 0) is 18.1 Å². The zero-order chi connectivity index (χ0) is 17.4. The van der Waals surface area contributed by atoms with Gasteiger partial charge in [-0.3, -0.25) is 9.69 Å². The van der Waals surface area contributed by atoms with Gasteiger partial charge in [0.05, 0.1) is 11.3 Å². The highest BCUT2D eigenvalue weighted by atomic mass is 16.1. The smallest absolute Gasteiger partial charge is 0.255 e. The summed E-state index contributed by atoms with van der Waals surface area (Å²) in [5.74, 6) is 0.828. The molecule has 2 aromatic heterocycles. The van der Waals surface area contributed by atoms with Gasteiger partial charge in [0, 0.05) is 56.6 Å². The number of rotatable bonds is 4. The van der Waals surface area contributed by atoms with Crippen molar-refractivity contribution in [2.45, 2.75) is 39.3 Å². The standard InChI is InChI=1S/C20H24N4O/c1-3-6-19-21-17-9-10-24(13-16(17)20(25)22-19)12-14-11-23(2)18-8-5-4-7-15(14)18/h4-5,7-8,11H,3,6,9-10,12-13H2,1-2H3,(H,21,22,25). The molecule has 3 aromatic rings. The Morgan fingerprint density at radius 3 is 2.96 bits per heavy atom. The van der Waals surface area contributed by atoms with Gasteiger partial charge in [0.1, 0.15) is 5.82 Å². The van der Waals surface area contributed by atoms with Crippen LogP contribution in [-0.2, 0) is 33.0 Å². The van der Waals surface area contributed by atoms with E-state index >= 15 is 0 Å². The second-order valence-corrected chi connectivity index (χ2v) is 6.93. The molecule has 0 radical (unpaired) electrons. The Balaban J connectivity index is 1.59. The van der Waals surface area contributed by atoms with E-state index in [9.17, 15) is 4.79 Å². The van der Waals surface area contributed by atoms with E-state index < -0.39 is 0 Å². The van der Waals surface area contributed by atoms with E-state index in [1.54, 1.807) is 0 Å². The number of nitrogens with one attached hydrogen (secondary N) is 1. The molecule has 4 rings (SSSR count). The number of aryl methyl sites for hydroxylation is 2. The molecule has 0 saturated heterocycles. The molecule has 0 spiro atoms. The molecule has 0 saturated carbocycles. The van der Waals surface area contributed by atoms with E-state index in [-0.39, 0.29) is 5.56 Å². The molecule has 25 heavy (non-hydrogen) atoms. The lowest BCUT2D eigenvalue weighted by atomic mass is 10.1. The molecule has 3 heterocycles. The fourth-order valence-electron chi connectivity index (χ4n) is 3.82. The molecule has 0 fully saturated rings. The predicted molar refractivity (Wildman–Crippen MR) is 99.6 cm³/mol. The van der Waals surface area contributed by atoms with Gasteiger partial charge >= 0.3 is 0 Å². The summed E-state index contributed by atoms with van der Waals surface area (Å²) < 4.78 is 2.17. The van der Waals surface area contributed by atoms with Crippen molar-refractivity contribution in [1.29, 1.82) is 0 Å². The van der Waals surface area contributed by atoms with Gasteiger partial charge in [-0.2, -0.15) is 0 Å². The quantitative estimate of drug-likeness (QED) is 0.797. The molecular formula is C20H24N4O. The third kappa shape index (κ3) is 3.00. The number of nitrogens with zero attached hydrogens (tertiary/aromatic N) is 3. The van der Waals surface area contributed by atoms with Crippen LogP contribution in [0.3, 0.4) is 0 Å². The molecule has 1 N–H and O–H groups in total. The number of H-pyrrole nitrogens is 1. The summed E-state index contributed by atoms with van der Waals surface area (Å²) in [6, 6.07) is 8.48. The van der Waals surface area contributed by atoms with Crippen molar-refractivity contribution in [1.82, 2.24) is 19.4 Å². The Labute approximate surface area is 147 Å². The molecule has 5 nitrogen and oxygen atoms in total. The zero-order valence-electron chi connectivity index (χ0n) is 14.9. The van der Waals surface area contributed by atoms with Crippen LogP contribution >= 0.6 is 0 Å². The molecule has 1 aromatic carbocycles. The monoisotopic (exact) mass is 336 g/mol. The molecule has 0 atom stereocenters. The minimum absolute atomic E-state index is 0.0380. The first-order chi connectivity index (χ1) is 12.2. The van der Waals surface area contributed by atoms with Crippen LogP contribution in [0.1, 0.15) is 36.0 Å². The van der Waals surface area contributed by atoms with Crippen LogP contribution in [0, 0.1) is 0 Å². The fourth-order valence-corrected chi connectivity index (χ4v) is 3.82. The van der Waals surface area contributed by atoms with Gasteiger partial charge in [0.15, 0.2) is 0 Å². The summed E-state index contributed by atoms with van der Waals surface area (Å²) in [6.07, 6.45) is 4.88. The van der Waals surface area contributed by atoms with Crippen LogP contribution in [0.15, 0.2) is 35.3 Å².